The molecule has 0 saturated carbocycles. The maximum Gasteiger partial charge on any atom is 0.256 e. The maximum atomic E-state index is 12.2. The minimum absolute atomic E-state index is 0.142. The molecule has 0 aliphatic carbocycles. The number of carbonyl (C=O) groups excluding carboxylic acids is 1. The van der Waals surface area contributed by atoms with E-state index >= 15 is 0 Å². The fourth-order valence-corrected chi connectivity index (χ4v) is 3.46. The van der Waals surface area contributed by atoms with Gasteiger partial charge >= 0.3 is 0 Å². The predicted molar refractivity (Wildman–Crippen MR) is 85.1 cm³/mol. The van der Waals surface area contributed by atoms with Crippen molar-refractivity contribution in [3.05, 3.63) is 52.2 Å². The number of hydrogen-bond donors (Lipinski definition) is 2. The van der Waals surface area contributed by atoms with E-state index < -0.39 is 6.10 Å². The van der Waals surface area contributed by atoms with Gasteiger partial charge < -0.3 is 14.9 Å². The topological polar surface area (TPSA) is 75.4 Å². The van der Waals surface area contributed by atoms with E-state index in [4.69, 9.17) is 4.52 Å². The molecule has 0 aliphatic rings. The van der Waals surface area contributed by atoms with Gasteiger partial charge in [0, 0.05) is 16.8 Å². The van der Waals surface area contributed by atoms with Gasteiger partial charge in [-0.25, -0.2) is 0 Å². The number of aromatic nitrogens is 1. The van der Waals surface area contributed by atoms with Crippen LogP contribution in [0.2, 0.25) is 0 Å². The minimum atomic E-state index is -0.749. The zero-order valence-electron chi connectivity index (χ0n) is 12.3. The SMILES string of the molecule is Cc1noc(C)c1C(=O)NC[C@@H](O)c1csc2ccccc12. The van der Waals surface area contributed by atoms with E-state index in [1.54, 1.807) is 25.2 Å². The fourth-order valence-electron chi connectivity index (χ4n) is 2.45. The van der Waals surface area contributed by atoms with Gasteiger partial charge in [0.1, 0.15) is 11.3 Å². The smallest absolute Gasteiger partial charge is 0.256 e. The molecule has 0 unspecified atom stereocenters. The molecule has 1 atom stereocenters. The molecule has 0 saturated heterocycles. The molecule has 0 spiro atoms. The number of nitrogens with one attached hydrogen (secondary N) is 1. The molecule has 0 fully saturated rings. The Hall–Kier alpha value is -2.18. The number of benzene rings is 1. The highest BCUT2D eigenvalue weighted by atomic mass is 32.1. The summed E-state index contributed by atoms with van der Waals surface area (Å²) in [5.74, 6) is 0.195. The summed E-state index contributed by atoms with van der Waals surface area (Å²) in [6.45, 7) is 3.55. The third-order valence-electron chi connectivity index (χ3n) is 3.59. The summed E-state index contributed by atoms with van der Waals surface area (Å²) < 4.78 is 6.10. The van der Waals surface area contributed by atoms with Crippen LogP contribution in [0.1, 0.15) is 33.5 Å². The van der Waals surface area contributed by atoms with Gasteiger partial charge in [-0.2, -0.15) is 0 Å². The number of hydrogen-bond acceptors (Lipinski definition) is 5. The molecule has 0 aliphatic heterocycles. The Morgan fingerprint density at radius 2 is 2.18 bits per heavy atom. The number of aliphatic hydroxyl groups is 1. The maximum absolute atomic E-state index is 12.2. The molecule has 3 rings (SSSR count). The monoisotopic (exact) mass is 316 g/mol. The Morgan fingerprint density at radius 3 is 2.91 bits per heavy atom. The Labute approximate surface area is 131 Å². The standard InChI is InChI=1S/C16H16N2O3S/c1-9-15(10(2)21-18-9)16(20)17-7-13(19)12-8-22-14-6-4-3-5-11(12)14/h3-6,8,13,19H,7H2,1-2H3,(H,17,20)/t13-/m1/s1. The van der Waals surface area contributed by atoms with Crippen LogP contribution < -0.4 is 5.32 Å². The third kappa shape index (κ3) is 2.63. The van der Waals surface area contributed by atoms with Crippen molar-refractivity contribution < 1.29 is 14.4 Å². The highest BCUT2D eigenvalue weighted by Gasteiger charge is 2.19. The Kier molecular flexibility index (Phi) is 3.96. The van der Waals surface area contributed by atoms with E-state index in [2.05, 4.69) is 10.5 Å². The summed E-state index contributed by atoms with van der Waals surface area (Å²) in [5.41, 5.74) is 1.81. The second-order valence-corrected chi connectivity index (χ2v) is 6.02. The van der Waals surface area contributed by atoms with Crippen LogP contribution >= 0.6 is 11.3 Å². The highest BCUT2D eigenvalue weighted by Crippen LogP contribution is 2.29. The molecular formula is C16H16N2O3S. The van der Waals surface area contributed by atoms with Crippen LogP contribution in [0.25, 0.3) is 10.1 Å². The number of carbonyl (C=O) groups is 1. The average molecular weight is 316 g/mol. The van der Waals surface area contributed by atoms with Gasteiger partial charge in [-0.15, -0.1) is 11.3 Å². The van der Waals surface area contributed by atoms with Crippen molar-refractivity contribution in [2.75, 3.05) is 6.54 Å². The normalized spacial score (nSPS) is 12.5. The second-order valence-electron chi connectivity index (χ2n) is 5.11. The molecule has 5 nitrogen and oxygen atoms in total. The quantitative estimate of drug-likeness (QED) is 0.776. The van der Waals surface area contributed by atoms with E-state index in [9.17, 15) is 9.90 Å². The average Bonchev–Trinajstić information content (AvgIpc) is 3.08. The third-order valence-corrected chi connectivity index (χ3v) is 4.57. The van der Waals surface area contributed by atoms with Crippen LogP contribution in [0, 0.1) is 13.8 Å². The van der Waals surface area contributed by atoms with Gasteiger partial charge in [0.25, 0.3) is 5.91 Å². The Morgan fingerprint density at radius 1 is 1.41 bits per heavy atom. The molecule has 0 radical (unpaired) electrons. The van der Waals surface area contributed by atoms with Crippen LogP contribution in [0.5, 0.6) is 0 Å². The molecule has 22 heavy (non-hydrogen) atoms. The summed E-state index contributed by atoms with van der Waals surface area (Å²) >= 11 is 1.58. The van der Waals surface area contributed by atoms with Crippen molar-refractivity contribution in [2.24, 2.45) is 0 Å². The van der Waals surface area contributed by atoms with Gasteiger partial charge in [-0.3, -0.25) is 4.79 Å². The molecule has 114 valence electrons. The van der Waals surface area contributed by atoms with Crippen LogP contribution in [0.15, 0.2) is 34.2 Å². The zero-order valence-corrected chi connectivity index (χ0v) is 13.1. The molecular weight excluding hydrogens is 300 g/mol. The van der Waals surface area contributed by atoms with Crippen molar-refractivity contribution in [1.82, 2.24) is 10.5 Å². The Balaban J connectivity index is 1.72. The number of aliphatic hydroxyl groups excluding tert-OH is 1. The van der Waals surface area contributed by atoms with Gasteiger partial charge in [-0.1, -0.05) is 23.4 Å². The number of nitrogens with zero attached hydrogens (tertiary/aromatic N) is 1. The first-order valence-electron chi connectivity index (χ1n) is 6.93. The summed E-state index contributed by atoms with van der Waals surface area (Å²) in [7, 11) is 0. The summed E-state index contributed by atoms with van der Waals surface area (Å²) in [6.07, 6.45) is -0.749. The zero-order chi connectivity index (χ0) is 15.7. The van der Waals surface area contributed by atoms with E-state index in [0.29, 0.717) is 17.0 Å². The molecule has 1 amide bonds. The summed E-state index contributed by atoms with van der Waals surface area (Å²) in [6, 6.07) is 7.89. The number of fused-ring (bicyclic) bond motifs is 1. The number of aryl methyl sites for hydroxylation is 2. The van der Waals surface area contributed by atoms with E-state index in [0.717, 1.165) is 15.6 Å². The lowest BCUT2D eigenvalue weighted by molar-refractivity contribution is 0.0915. The summed E-state index contributed by atoms with van der Waals surface area (Å²) in [4.78, 5) is 12.2. The fraction of sp³-hybridized carbons (Fsp3) is 0.250. The van der Waals surface area contributed by atoms with E-state index in [1.165, 1.54) is 0 Å². The largest absolute Gasteiger partial charge is 0.387 e. The number of thiophene rings is 1. The molecule has 0 bridgehead atoms. The first-order valence-corrected chi connectivity index (χ1v) is 7.81. The molecule has 3 aromatic rings. The molecule has 1 aromatic carbocycles. The van der Waals surface area contributed by atoms with Gasteiger partial charge in [0.2, 0.25) is 0 Å². The number of amides is 1. The second kappa shape index (κ2) is 5.90. The van der Waals surface area contributed by atoms with Crippen molar-refractivity contribution in [3.8, 4) is 0 Å². The van der Waals surface area contributed by atoms with Crippen LogP contribution in [0.3, 0.4) is 0 Å². The molecule has 2 N–H and O–H groups in total. The van der Waals surface area contributed by atoms with Gasteiger partial charge in [-0.05, 0) is 30.7 Å². The number of rotatable bonds is 4. The Bertz CT molecular complexity index is 802. The van der Waals surface area contributed by atoms with Crippen molar-refractivity contribution in [1.29, 1.82) is 0 Å². The van der Waals surface area contributed by atoms with Gasteiger partial charge in [0.05, 0.1) is 11.8 Å². The van der Waals surface area contributed by atoms with Crippen molar-refractivity contribution >= 4 is 27.3 Å². The van der Waals surface area contributed by atoms with Crippen LogP contribution in [-0.2, 0) is 0 Å². The predicted octanol–water partition coefficient (Wildman–Crippen LogP) is 2.97. The first-order chi connectivity index (χ1) is 10.6. The van der Waals surface area contributed by atoms with Crippen LogP contribution in [0.4, 0.5) is 0 Å². The molecule has 2 heterocycles. The molecule has 6 heteroatoms. The van der Waals surface area contributed by atoms with E-state index in [1.807, 2.05) is 29.6 Å². The first kappa shape index (κ1) is 14.7. The lowest BCUT2D eigenvalue weighted by Gasteiger charge is -2.11. The lowest BCUT2D eigenvalue weighted by Crippen LogP contribution is -2.29. The van der Waals surface area contributed by atoms with Crippen molar-refractivity contribution in [3.63, 3.8) is 0 Å². The van der Waals surface area contributed by atoms with Crippen LogP contribution in [-0.4, -0.2) is 22.7 Å². The van der Waals surface area contributed by atoms with E-state index in [-0.39, 0.29) is 12.5 Å². The summed E-state index contributed by atoms with van der Waals surface area (Å²) in [5, 5.41) is 19.8. The molecule has 2 aromatic heterocycles. The lowest BCUT2D eigenvalue weighted by atomic mass is 10.1. The van der Waals surface area contributed by atoms with Gasteiger partial charge in [0.15, 0.2) is 0 Å². The highest BCUT2D eigenvalue weighted by molar-refractivity contribution is 7.17. The van der Waals surface area contributed by atoms with Crippen molar-refractivity contribution in [2.45, 2.75) is 20.0 Å². The minimum Gasteiger partial charge on any atom is -0.387 e.